The Balaban J connectivity index is 0.926. The van der Waals surface area contributed by atoms with Crippen molar-refractivity contribution >= 4 is 71.2 Å². The smallest absolute Gasteiger partial charge is 0.0541 e. The molecule has 0 aliphatic rings. The van der Waals surface area contributed by atoms with E-state index in [0.29, 0.717) is 0 Å². The second kappa shape index (κ2) is 18.1. The maximum atomic E-state index is 2.43. The molecular weight excluding hydrogens is 893 g/mol. The molecule has 74 heavy (non-hydrogen) atoms. The van der Waals surface area contributed by atoms with Crippen molar-refractivity contribution in [3.05, 3.63) is 291 Å². The minimum Gasteiger partial charge on any atom is -0.310 e. The summed E-state index contributed by atoms with van der Waals surface area (Å²) >= 11 is 0. The van der Waals surface area contributed by atoms with E-state index in [4.69, 9.17) is 0 Å². The average Bonchev–Trinajstić information content (AvgIpc) is 3.84. The quantitative estimate of drug-likeness (QED) is 0.131. The van der Waals surface area contributed by atoms with Crippen LogP contribution in [0.5, 0.6) is 0 Å². The van der Waals surface area contributed by atoms with Gasteiger partial charge in [-0.1, -0.05) is 224 Å². The van der Waals surface area contributed by atoms with Crippen molar-refractivity contribution in [2.24, 2.45) is 0 Å². The SMILES string of the molecule is c1ccc(-c2ccc3c(c2)c2cc(-c4ccccc4)ccc2n3-c2ccc(N(c3ccccc3)c3cccc4c(-c5c6ccccc6c(-c6ccccc6-c6ccccc6)c6ccccc56)cccc34)cc2)cc1. The molecule has 2 heteroatoms. The van der Waals surface area contributed by atoms with E-state index in [0.717, 1.165) is 22.7 Å². The third kappa shape index (κ3) is 7.27. The van der Waals surface area contributed by atoms with Crippen LogP contribution in [0.25, 0.3) is 115 Å². The largest absolute Gasteiger partial charge is 0.310 e. The van der Waals surface area contributed by atoms with Crippen molar-refractivity contribution in [3.63, 3.8) is 0 Å². The van der Waals surface area contributed by atoms with Crippen molar-refractivity contribution < 1.29 is 0 Å². The Bertz CT molecular complexity index is 4230. The van der Waals surface area contributed by atoms with Crippen molar-refractivity contribution in [3.8, 4) is 61.3 Å². The van der Waals surface area contributed by atoms with Gasteiger partial charge in [0.25, 0.3) is 0 Å². The van der Waals surface area contributed by atoms with Crippen LogP contribution in [0.1, 0.15) is 0 Å². The summed E-state index contributed by atoms with van der Waals surface area (Å²) in [6.07, 6.45) is 0. The van der Waals surface area contributed by atoms with Gasteiger partial charge in [-0.25, -0.2) is 0 Å². The van der Waals surface area contributed by atoms with Gasteiger partial charge >= 0.3 is 0 Å². The Labute approximate surface area is 430 Å². The first-order chi connectivity index (χ1) is 36.7. The lowest BCUT2D eigenvalue weighted by Crippen LogP contribution is -2.10. The second-order valence-corrected chi connectivity index (χ2v) is 19.1. The van der Waals surface area contributed by atoms with Crippen LogP contribution in [0.3, 0.4) is 0 Å². The van der Waals surface area contributed by atoms with Gasteiger partial charge in [-0.05, 0) is 149 Å². The van der Waals surface area contributed by atoms with Crippen molar-refractivity contribution in [2.75, 3.05) is 4.90 Å². The molecule has 0 aliphatic heterocycles. The minimum atomic E-state index is 1.08. The Morgan fingerprint density at radius 1 is 0.230 bits per heavy atom. The highest BCUT2D eigenvalue weighted by molar-refractivity contribution is 6.25. The van der Waals surface area contributed by atoms with Crippen LogP contribution in [0.15, 0.2) is 291 Å². The van der Waals surface area contributed by atoms with Crippen molar-refractivity contribution in [2.45, 2.75) is 0 Å². The monoisotopic (exact) mass is 940 g/mol. The zero-order chi connectivity index (χ0) is 49.0. The van der Waals surface area contributed by atoms with E-state index in [1.165, 1.54) is 110 Å². The van der Waals surface area contributed by atoms with E-state index in [1.54, 1.807) is 0 Å². The van der Waals surface area contributed by atoms with Crippen LogP contribution >= 0.6 is 0 Å². The van der Waals surface area contributed by atoms with Gasteiger partial charge in [0.05, 0.1) is 16.7 Å². The first kappa shape index (κ1) is 43.1. The molecule has 0 amide bonds. The van der Waals surface area contributed by atoms with E-state index in [1.807, 2.05) is 0 Å². The van der Waals surface area contributed by atoms with E-state index in [2.05, 4.69) is 301 Å². The molecular formula is C72H48N2. The average molecular weight is 941 g/mol. The number of nitrogens with zero attached hydrogens (tertiary/aromatic N) is 2. The highest BCUT2D eigenvalue weighted by atomic mass is 15.1. The number of para-hydroxylation sites is 1. The Morgan fingerprint density at radius 3 is 1.19 bits per heavy atom. The highest BCUT2D eigenvalue weighted by Crippen LogP contribution is 2.49. The third-order valence-electron chi connectivity index (χ3n) is 15.0. The number of rotatable bonds is 9. The predicted octanol–water partition coefficient (Wildman–Crippen LogP) is 20.0. The molecule has 13 aromatic carbocycles. The number of hydrogen-bond acceptors (Lipinski definition) is 1. The summed E-state index contributed by atoms with van der Waals surface area (Å²) in [5.74, 6) is 0. The molecule has 0 atom stereocenters. The van der Waals surface area contributed by atoms with E-state index < -0.39 is 0 Å². The number of anilines is 3. The van der Waals surface area contributed by atoms with Gasteiger partial charge in [0.15, 0.2) is 0 Å². The fourth-order valence-electron chi connectivity index (χ4n) is 11.7. The summed E-state index contributed by atoms with van der Waals surface area (Å²) in [7, 11) is 0. The zero-order valence-corrected chi connectivity index (χ0v) is 40.6. The highest BCUT2D eigenvalue weighted by Gasteiger charge is 2.23. The topological polar surface area (TPSA) is 8.17 Å². The van der Waals surface area contributed by atoms with Crippen LogP contribution in [0.4, 0.5) is 17.1 Å². The van der Waals surface area contributed by atoms with Gasteiger partial charge in [-0.3, -0.25) is 0 Å². The van der Waals surface area contributed by atoms with Crippen molar-refractivity contribution in [1.82, 2.24) is 4.57 Å². The van der Waals surface area contributed by atoms with E-state index in [-0.39, 0.29) is 0 Å². The summed E-state index contributed by atoms with van der Waals surface area (Å²) in [6, 6.07) is 106. The molecule has 0 bridgehead atoms. The molecule has 0 saturated carbocycles. The Hall–Kier alpha value is -9.76. The van der Waals surface area contributed by atoms with Gasteiger partial charge in [-0.2, -0.15) is 0 Å². The number of aromatic nitrogens is 1. The summed E-state index contributed by atoms with van der Waals surface area (Å²) in [6.45, 7) is 0. The summed E-state index contributed by atoms with van der Waals surface area (Å²) in [4.78, 5) is 2.42. The molecule has 1 aromatic heterocycles. The molecule has 14 rings (SSSR count). The fourth-order valence-corrected chi connectivity index (χ4v) is 11.7. The molecule has 0 spiro atoms. The summed E-state index contributed by atoms with van der Waals surface area (Å²) in [5.41, 5.74) is 18.9. The molecule has 2 nitrogen and oxygen atoms in total. The minimum absolute atomic E-state index is 1.08. The van der Waals surface area contributed by atoms with Crippen LogP contribution in [-0.4, -0.2) is 4.57 Å². The second-order valence-electron chi connectivity index (χ2n) is 19.1. The van der Waals surface area contributed by atoms with Crippen LogP contribution in [0.2, 0.25) is 0 Å². The fraction of sp³-hybridized carbons (Fsp3) is 0. The standard InChI is InChI=1S/C72H48N2/c1-5-21-49(22-6-1)52-39-45-69-66(47-52)67-48-53(50-23-7-2-8-24-50)40-46-70(67)74(69)56-43-41-55(42-44-56)73(54-27-11-4-12-28-54)68-38-20-35-58-59(68)36-19-37-61(58)72-64-33-17-15-31-62(64)71(63-32-16-18-34-65(63)72)60-30-14-13-29-57(60)51-25-9-3-10-26-51/h1-48H. The summed E-state index contributed by atoms with van der Waals surface area (Å²) < 4.78 is 2.43. The summed E-state index contributed by atoms with van der Waals surface area (Å²) in [5, 5.41) is 9.77. The van der Waals surface area contributed by atoms with E-state index >= 15 is 0 Å². The molecule has 0 radical (unpaired) electrons. The molecule has 0 fully saturated rings. The van der Waals surface area contributed by atoms with Gasteiger partial charge < -0.3 is 9.47 Å². The number of fused-ring (bicyclic) bond motifs is 6. The molecule has 0 N–H and O–H groups in total. The van der Waals surface area contributed by atoms with Crippen LogP contribution in [-0.2, 0) is 0 Å². The molecule has 0 aliphatic carbocycles. The predicted molar refractivity (Wildman–Crippen MR) is 315 cm³/mol. The van der Waals surface area contributed by atoms with Crippen molar-refractivity contribution in [1.29, 1.82) is 0 Å². The van der Waals surface area contributed by atoms with Gasteiger partial charge in [0.2, 0.25) is 0 Å². The number of hydrogen-bond donors (Lipinski definition) is 0. The first-order valence-electron chi connectivity index (χ1n) is 25.5. The Kier molecular flexibility index (Phi) is 10.6. The van der Waals surface area contributed by atoms with Crippen LogP contribution in [0, 0.1) is 0 Å². The molecule has 1 heterocycles. The normalized spacial score (nSPS) is 11.5. The molecule has 14 aromatic rings. The third-order valence-corrected chi connectivity index (χ3v) is 15.0. The van der Waals surface area contributed by atoms with E-state index in [9.17, 15) is 0 Å². The molecule has 0 saturated heterocycles. The molecule has 0 unspecified atom stereocenters. The Morgan fingerprint density at radius 2 is 0.635 bits per heavy atom. The maximum Gasteiger partial charge on any atom is 0.0541 e. The lowest BCUT2D eigenvalue weighted by molar-refractivity contribution is 1.17. The lowest BCUT2D eigenvalue weighted by atomic mass is 9.83. The van der Waals surface area contributed by atoms with Gasteiger partial charge in [0.1, 0.15) is 0 Å². The maximum absolute atomic E-state index is 2.43. The number of benzene rings is 13. The zero-order valence-electron chi connectivity index (χ0n) is 40.6. The lowest BCUT2D eigenvalue weighted by Gasteiger charge is -2.27. The molecule has 346 valence electrons. The first-order valence-corrected chi connectivity index (χ1v) is 25.5. The van der Waals surface area contributed by atoms with Crippen LogP contribution < -0.4 is 4.90 Å². The van der Waals surface area contributed by atoms with Gasteiger partial charge in [-0.15, -0.1) is 0 Å². The van der Waals surface area contributed by atoms with Gasteiger partial charge in [0, 0.05) is 33.2 Å².